The second-order valence-corrected chi connectivity index (χ2v) is 9.05. The van der Waals surface area contributed by atoms with Gasteiger partial charge in [-0.15, -0.1) is 0 Å². The predicted octanol–water partition coefficient (Wildman–Crippen LogP) is -0.148. The summed E-state index contributed by atoms with van der Waals surface area (Å²) in [5.41, 5.74) is -0.650. The number of phenols is 2. The van der Waals surface area contributed by atoms with E-state index >= 15 is 0 Å². The molecule has 0 aliphatic carbocycles. The number of aliphatic hydroxyl groups is 3. The third-order valence-electron chi connectivity index (χ3n) is 5.55. The van der Waals surface area contributed by atoms with E-state index in [1.807, 2.05) is 0 Å². The van der Waals surface area contributed by atoms with Crippen LogP contribution in [-0.2, 0) is 19.3 Å². The average Bonchev–Trinajstić information content (AvgIpc) is 2.84. The minimum Gasteiger partial charge on any atom is -0.507 e. The third-order valence-corrected chi connectivity index (χ3v) is 6.02. The predicted molar refractivity (Wildman–Crippen MR) is 124 cm³/mol. The van der Waals surface area contributed by atoms with Gasteiger partial charge in [-0.2, -0.15) is 8.42 Å². The van der Waals surface area contributed by atoms with Gasteiger partial charge in [-0.3, -0.25) is 9.35 Å². The van der Waals surface area contributed by atoms with E-state index in [-0.39, 0.29) is 45.3 Å². The van der Waals surface area contributed by atoms with E-state index in [1.165, 1.54) is 26.4 Å². The van der Waals surface area contributed by atoms with Gasteiger partial charge in [0.2, 0.25) is 12.0 Å². The summed E-state index contributed by atoms with van der Waals surface area (Å²) >= 11 is 0. The molecule has 0 radical (unpaired) electrons. The summed E-state index contributed by atoms with van der Waals surface area (Å²) in [6, 6.07) is 5.84. The summed E-state index contributed by atoms with van der Waals surface area (Å²) < 4.78 is 62.2. The number of phenolic OH excluding ortho intramolecular Hbond substituents is 2. The molecule has 206 valence electrons. The molecule has 0 bridgehead atoms. The number of fused-ring (bicyclic) bond motifs is 1. The Bertz CT molecular complexity index is 1490. The van der Waals surface area contributed by atoms with E-state index < -0.39 is 52.5 Å². The van der Waals surface area contributed by atoms with Gasteiger partial charge in [-0.25, -0.2) is 4.18 Å². The lowest BCUT2D eigenvalue weighted by atomic mass is 10.0. The van der Waals surface area contributed by atoms with E-state index in [0.717, 1.165) is 18.2 Å². The summed E-state index contributed by atoms with van der Waals surface area (Å²) in [5.74, 6) is -1.24. The van der Waals surface area contributed by atoms with Crippen molar-refractivity contribution in [3.63, 3.8) is 0 Å². The molecule has 2 aromatic carbocycles. The Labute approximate surface area is 213 Å². The Morgan fingerprint density at radius 3 is 2.13 bits per heavy atom. The quantitative estimate of drug-likeness (QED) is 0.207. The highest BCUT2D eigenvalue weighted by atomic mass is 32.3. The van der Waals surface area contributed by atoms with E-state index in [2.05, 4.69) is 4.18 Å². The van der Waals surface area contributed by atoms with Crippen molar-refractivity contribution < 1.29 is 66.1 Å². The van der Waals surface area contributed by atoms with Crippen molar-refractivity contribution in [3.05, 3.63) is 40.6 Å². The first-order valence-corrected chi connectivity index (χ1v) is 12.0. The van der Waals surface area contributed by atoms with Gasteiger partial charge in [0.1, 0.15) is 40.4 Å². The highest BCUT2D eigenvalue weighted by Crippen LogP contribution is 2.41. The van der Waals surface area contributed by atoms with Crippen LogP contribution in [0, 0.1) is 0 Å². The molecule has 5 unspecified atom stereocenters. The monoisotopic (exact) mass is 558 g/mol. The van der Waals surface area contributed by atoms with Gasteiger partial charge in [0, 0.05) is 23.8 Å². The molecule has 1 fully saturated rings. The van der Waals surface area contributed by atoms with Crippen molar-refractivity contribution in [1.29, 1.82) is 0 Å². The molecule has 6 N–H and O–H groups in total. The van der Waals surface area contributed by atoms with E-state index in [1.54, 1.807) is 0 Å². The first kappa shape index (κ1) is 27.4. The van der Waals surface area contributed by atoms with Crippen LogP contribution in [0.2, 0.25) is 0 Å². The number of aliphatic hydroxyl groups excluding tert-OH is 3. The molecule has 0 spiro atoms. The van der Waals surface area contributed by atoms with Crippen LogP contribution in [0.15, 0.2) is 39.5 Å². The Kier molecular flexibility index (Phi) is 7.39. The number of hydrogen-bond donors (Lipinski definition) is 6. The molecule has 4 rings (SSSR count). The number of methoxy groups -OCH3 is 2. The molecule has 38 heavy (non-hydrogen) atoms. The molecular formula is C22H22O15S. The normalized spacial score (nSPS) is 23.8. The number of ether oxygens (including phenoxy) is 4. The summed E-state index contributed by atoms with van der Waals surface area (Å²) in [6.45, 7) is 0. The van der Waals surface area contributed by atoms with Crippen molar-refractivity contribution in [2.24, 2.45) is 0 Å². The van der Waals surface area contributed by atoms with Gasteiger partial charge in [0.05, 0.1) is 14.2 Å². The molecule has 15 nitrogen and oxygen atoms in total. The van der Waals surface area contributed by atoms with Gasteiger partial charge in [-0.05, 0) is 12.1 Å². The molecule has 2 heterocycles. The molecule has 0 amide bonds. The Morgan fingerprint density at radius 1 is 0.921 bits per heavy atom. The second kappa shape index (κ2) is 10.3. The number of benzene rings is 2. The first-order valence-electron chi connectivity index (χ1n) is 10.6. The molecule has 1 aliphatic heterocycles. The zero-order valence-electron chi connectivity index (χ0n) is 19.5. The largest absolute Gasteiger partial charge is 0.507 e. The molecule has 5 atom stereocenters. The molecule has 3 aromatic rings. The third kappa shape index (κ3) is 5.32. The van der Waals surface area contributed by atoms with E-state index in [4.69, 9.17) is 27.9 Å². The standard InChI is InChI=1S/C22H22O15S/c1-32-14-3-8(4-15(33-2)17(14)25)12-7-11(24)16-10(23)5-9(6-13(16)35-12)34-22-20(37-38(29,30)31)18(26)19(27)21(28)36-22/h3-7,18-23,25-28H,1-2H3,(H,29,30,31). The maximum absolute atomic E-state index is 12.8. The van der Waals surface area contributed by atoms with Gasteiger partial charge >= 0.3 is 10.4 Å². The minimum absolute atomic E-state index is 0.0145. The average molecular weight is 558 g/mol. The number of rotatable bonds is 7. The van der Waals surface area contributed by atoms with Gasteiger partial charge in [0.25, 0.3) is 0 Å². The van der Waals surface area contributed by atoms with Crippen molar-refractivity contribution in [1.82, 2.24) is 0 Å². The smallest absolute Gasteiger partial charge is 0.397 e. The van der Waals surface area contributed by atoms with E-state index in [0.29, 0.717) is 0 Å². The fraction of sp³-hybridized carbons (Fsp3) is 0.318. The van der Waals surface area contributed by atoms with Crippen LogP contribution in [-0.4, -0.2) is 83.6 Å². The van der Waals surface area contributed by atoms with Crippen LogP contribution < -0.4 is 19.6 Å². The summed E-state index contributed by atoms with van der Waals surface area (Å²) in [5, 5.41) is 50.1. The van der Waals surface area contributed by atoms with Crippen molar-refractivity contribution in [3.8, 4) is 40.1 Å². The van der Waals surface area contributed by atoms with Crippen LogP contribution in [0.5, 0.6) is 28.7 Å². The lowest BCUT2D eigenvalue weighted by Gasteiger charge is -2.39. The highest BCUT2D eigenvalue weighted by Gasteiger charge is 2.48. The fourth-order valence-electron chi connectivity index (χ4n) is 3.78. The highest BCUT2D eigenvalue weighted by molar-refractivity contribution is 7.80. The van der Waals surface area contributed by atoms with Crippen LogP contribution >= 0.6 is 0 Å². The van der Waals surface area contributed by atoms with E-state index in [9.17, 15) is 38.7 Å². The summed E-state index contributed by atoms with van der Waals surface area (Å²) in [6.07, 6.45) is -10.2. The van der Waals surface area contributed by atoms with Crippen LogP contribution in [0.1, 0.15) is 0 Å². The first-order chi connectivity index (χ1) is 17.8. The fourth-order valence-corrected chi connectivity index (χ4v) is 4.27. The maximum Gasteiger partial charge on any atom is 0.397 e. The van der Waals surface area contributed by atoms with Crippen LogP contribution in [0.4, 0.5) is 0 Å². The molecule has 0 saturated carbocycles. The Hall–Kier alpha value is -3.64. The molecule has 1 aromatic heterocycles. The maximum atomic E-state index is 12.8. The van der Waals surface area contributed by atoms with Gasteiger partial charge in [-0.1, -0.05) is 0 Å². The SMILES string of the molecule is COc1cc(-c2cc(=O)c3c(O)cc(OC4OC(O)C(O)C(O)C4OS(=O)(=O)O)cc3o2)cc(OC)c1O. The summed E-state index contributed by atoms with van der Waals surface area (Å²) in [7, 11) is -2.58. The van der Waals surface area contributed by atoms with Crippen molar-refractivity contribution >= 4 is 21.4 Å². The molecule has 16 heteroatoms. The minimum atomic E-state index is -5.18. The van der Waals surface area contributed by atoms with Gasteiger partial charge < -0.3 is 48.9 Å². The van der Waals surface area contributed by atoms with Crippen LogP contribution in [0.25, 0.3) is 22.3 Å². The second-order valence-electron chi connectivity index (χ2n) is 8.00. The Morgan fingerprint density at radius 2 is 1.55 bits per heavy atom. The summed E-state index contributed by atoms with van der Waals surface area (Å²) in [4.78, 5) is 12.8. The van der Waals surface area contributed by atoms with Crippen LogP contribution in [0.3, 0.4) is 0 Å². The molecule has 1 saturated heterocycles. The van der Waals surface area contributed by atoms with Crippen molar-refractivity contribution in [2.75, 3.05) is 14.2 Å². The van der Waals surface area contributed by atoms with Gasteiger partial charge in [0.15, 0.2) is 29.3 Å². The number of aromatic hydroxyl groups is 2. The lowest BCUT2D eigenvalue weighted by molar-refractivity contribution is -0.316. The number of hydrogen-bond acceptors (Lipinski definition) is 14. The molecule has 1 aliphatic rings. The lowest BCUT2D eigenvalue weighted by Crippen LogP contribution is -2.60. The molecular weight excluding hydrogens is 536 g/mol. The zero-order valence-corrected chi connectivity index (χ0v) is 20.4. The Balaban J connectivity index is 1.77. The zero-order chi connectivity index (χ0) is 27.9. The topological polar surface area (TPSA) is 232 Å². The van der Waals surface area contributed by atoms with Crippen molar-refractivity contribution in [2.45, 2.75) is 30.9 Å².